The van der Waals surface area contributed by atoms with Gasteiger partial charge in [-0.15, -0.1) is 0 Å². The van der Waals surface area contributed by atoms with Gasteiger partial charge in [0.1, 0.15) is 0 Å². The molecule has 1 aliphatic heterocycles. The zero-order chi connectivity index (χ0) is 17.3. The Balaban J connectivity index is 1.89. The molecule has 8 heteroatoms. The van der Waals surface area contributed by atoms with Gasteiger partial charge in [0.15, 0.2) is 5.82 Å². The molecule has 0 fully saturated rings. The minimum Gasteiger partial charge on any atom is -0.334 e. The number of benzene rings is 1. The Bertz CT molecular complexity index is 832. The predicted molar refractivity (Wildman–Crippen MR) is 92.5 cm³/mol. The van der Waals surface area contributed by atoms with Crippen molar-refractivity contribution in [2.45, 2.75) is 32.2 Å². The van der Waals surface area contributed by atoms with Crippen molar-refractivity contribution in [3.63, 3.8) is 0 Å². The number of nitrogens with one attached hydrogen (secondary N) is 1. The van der Waals surface area contributed by atoms with Crippen molar-refractivity contribution >= 4 is 15.7 Å². The fourth-order valence-electron chi connectivity index (χ4n) is 2.87. The number of fused-ring (bicyclic) bond motifs is 1. The number of hydrogen-bond acceptors (Lipinski definition) is 6. The third-order valence-corrected chi connectivity index (χ3v) is 5.43. The molecule has 0 saturated carbocycles. The second-order valence-corrected chi connectivity index (χ2v) is 8.10. The molecule has 1 aliphatic rings. The summed E-state index contributed by atoms with van der Waals surface area (Å²) in [5.41, 5.74) is 2.56. The summed E-state index contributed by atoms with van der Waals surface area (Å²) in [4.78, 5) is 4.44. The van der Waals surface area contributed by atoms with E-state index in [2.05, 4.69) is 22.4 Å². The van der Waals surface area contributed by atoms with Gasteiger partial charge in [0.05, 0.1) is 11.9 Å². The molecule has 2 aromatic rings. The SMILES string of the molecule is CNC(C)Cc1noc(-c2ccc3c(c2)CCCN3S(C)(=O)=O)n1. The highest BCUT2D eigenvalue weighted by molar-refractivity contribution is 7.92. The monoisotopic (exact) mass is 350 g/mol. The topological polar surface area (TPSA) is 88.3 Å². The van der Waals surface area contributed by atoms with Gasteiger partial charge in [-0.1, -0.05) is 5.16 Å². The van der Waals surface area contributed by atoms with Gasteiger partial charge in [-0.3, -0.25) is 4.31 Å². The van der Waals surface area contributed by atoms with Crippen molar-refractivity contribution in [3.05, 3.63) is 29.6 Å². The minimum atomic E-state index is -3.25. The maximum absolute atomic E-state index is 11.9. The lowest BCUT2D eigenvalue weighted by Gasteiger charge is -2.29. The number of hydrogen-bond donors (Lipinski definition) is 1. The fourth-order valence-corrected chi connectivity index (χ4v) is 3.87. The quantitative estimate of drug-likeness (QED) is 0.881. The standard InChI is InChI=1S/C16H22N4O3S/c1-11(17-2)9-15-18-16(23-19-15)13-6-7-14-12(10-13)5-4-8-20(14)24(3,21)22/h6-7,10-11,17H,4-5,8-9H2,1-3H3. The highest BCUT2D eigenvalue weighted by Crippen LogP contribution is 2.32. The number of sulfonamides is 1. The first-order valence-electron chi connectivity index (χ1n) is 7.99. The van der Waals surface area contributed by atoms with Crippen LogP contribution < -0.4 is 9.62 Å². The van der Waals surface area contributed by atoms with Crippen molar-refractivity contribution in [2.75, 3.05) is 24.2 Å². The van der Waals surface area contributed by atoms with E-state index in [0.29, 0.717) is 24.7 Å². The summed E-state index contributed by atoms with van der Waals surface area (Å²) in [6.07, 6.45) is 3.57. The average Bonchev–Trinajstić information content (AvgIpc) is 3.01. The first-order valence-corrected chi connectivity index (χ1v) is 9.84. The lowest BCUT2D eigenvalue weighted by molar-refractivity contribution is 0.418. The maximum atomic E-state index is 11.9. The van der Waals surface area contributed by atoms with Crippen LogP contribution in [0.2, 0.25) is 0 Å². The maximum Gasteiger partial charge on any atom is 0.257 e. The van der Waals surface area contributed by atoms with Gasteiger partial charge in [0, 0.05) is 24.6 Å². The van der Waals surface area contributed by atoms with Crippen LogP contribution in [0.5, 0.6) is 0 Å². The number of nitrogens with zero attached hydrogens (tertiary/aromatic N) is 3. The van der Waals surface area contributed by atoms with Gasteiger partial charge in [0.2, 0.25) is 10.0 Å². The van der Waals surface area contributed by atoms with E-state index >= 15 is 0 Å². The fraction of sp³-hybridized carbons (Fsp3) is 0.500. The van der Waals surface area contributed by atoms with Crippen LogP contribution in [0.1, 0.15) is 24.7 Å². The molecule has 24 heavy (non-hydrogen) atoms. The smallest absolute Gasteiger partial charge is 0.257 e. The van der Waals surface area contributed by atoms with E-state index in [-0.39, 0.29) is 6.04 Å². The van der Waals surface area contributed by atoms with E-state index in [0.717, 1.165) is 29.7 Å². The third-order valence-electron chi connectivity index (χ3n) is 4.25. The molecular weight excluding hydrogens is 328 g/mol. The molecule has 0 saturated heterocycles. The molecule has 0 aliphatic carbocycles. The summed E-state index contributed by atoms with van der Waals surface area (Å²) in [5.74, 6) is 1.12. The normalized spacial score (nSPS) is 16.0. The summed E-state index contributed by atoms with van der Waals surface area (Å²) >= 11 is 0. The van der Waals surface area contributed by atoms with Crippen molar-refractivity contribution < 1.29 is 12.9 Å². The van der Waals surface area contributed by atoms with E-state index < -0.39 is 10.0 Å². The largest absolute Gasteiger partial charge is 0.334 e. The van der Waals surface area contributed by atoms with Crippen LogP contribution in [-0.2, 0) is 22.9 Å². The van der Waals surface area contributed by atoms with Crippen LogP contribution in [0.25, 0.3) is 11.5 Å². The van der Waals surface area contributed by atoms with Gasteiger partial charge >= 0.3 is 0 Å². The Morgan fingerprint density at radius 1 is 1.42 bits per heavy atom. The predicted octanol–water partition coefficient (Wildman–Crippen LogP) is 1.60. The van der Waals surface area contributed by atoms with Gasteiger partial charge < -0.3 is 9.84 Å². The van der Waals surface area contributed by atoms with E-state index in [4.69, 9.17) is 4.52 Å². The summed E-state index contributed by atoms with van der Waals surface area (Å²) in [5, 5.41) is 7.15. The summed E-state index contributed by atoms with van der Waals surface area (Å²) < 4.78 is 30.7. The number of rotatable bonds is 5. The molecule has 0 amide bonds. The molecule has 0 spiro atoms. The Kier molecular flexibility index (Phi) is 4.60. The van der Waals surface area contributed by atoms with E-state index in [1.54, 1.807) is 0 Å². The van der Waals surface area contributed by atoms with Crippen molar-refractivity contribution in [2.24, 2.45) is 0 Å². The molecule has 1 aromatic heterocycles. The van der Waals surface area contributed by atoms with Gasteiger partial charge in [-0.2, -0.15) is 4.98 Å². The van der Waals surface area contributed by atoms with Crippen LogP contribution >= 0.6 is 0 Å². The molecule has 7 nitrogen and oxygen atoms in total. The average molecular weight is 350 g/mol. The van der Waals surface area contributed by atoms with Crippen LogP contribution in [0, 0.1) is 0 Å². The molecule has 130 valence electrons. The number of aromatic nitrogens is 2. The molecule has 3 rings (SSSR count). The van der Waals surface area contributed by atoms with E-state index in [9.17, 15) is 8.42 Å². The molecule has 2 heterocycles. The number of likely N-dealkylation sites (N-methyl/N-ethyl adjacent to an activating group) is 1. The number of anilines is 1. The Hall–Kier alpha value is -1.93. The Labute approximate surface area is 142 Å². The summed E-state index contributed by atoms with van der Waals surface area (Å²) in [6.45, 7) is 2.58. The lowest BCUT2D eigenvalue weighted by atomic mass is 10.0. The van der Waals surface area contributed by atoms with Gasteiger partial charge in [-0.25, -0.2) is 8.42 Å². The summed E-state index contributed by atoms with van der Waals surface area (Å²) in [7, 11) is -1.36. The molecular formula is C16H22N4O3S. The van der Waals surface area contributed by atoms with E-state index in [1.165, 1.54) is 10.6 Å². The zero-order valence-corrected chi connectivity index (χ0v) is 14.9. The van der Waals surface area contributed by atoms with Crippen molar-refractivity contribution in [1.82, 2.24) is 15.5 Å². The first-order chi connectivity index (χ1) is 11.4. The Morgan fingerprint density at radius 2 is 2.21 bits per heavy atom. The molecule has 0 bridgehead atoms. The van der Waals surface area contributed by atoms with Crippen LogP contribution in [0.15, 0.2) is 22.7 Å². The molecule has 1 N–H and O–H groups in total. The van der Waals surface area contributed by atoms with E-state index in [1.807, 2.05) is 25.2 Å². The third kappa shape index (κ3) is 3.44. The molecule has 1 aromatic carbocycles. The second kappa shape index (κ2) is 6.52. The molecule has 0 radical (unpaired) electrons. The van der Waals surface area contributed by atoms with Crippen molar-refractivity contribution in [3.8, 4) is 11.5 Å². The lowest BCUT2D eigenvalue weighted by Crippen LogP contribution is -2.34. The van der Waals surface area contributed by atoms with Gasteiger partial charge in [0.25, 0.3) is 5.89 Å². The number of aryl methyl sites for hydroxylation is 1. The Morgan fingerprint density at radius 3 is 2.92 bits per heavy atom. The minimum absolute atomic E-state index is 0.266. The van der Waals surface area contributed by atoms with Crippen LogP contribution in [-0.4, -0.2) is 44.4 Å². The highest BCUT2D eigenvalue weighted by atomic mass is 32.2. The van der Waals surface area contributed by atoms with Crippen LogP contribution in [0.3, 0.4) is 0 Å². The van der Waals surface area contributed by atoms with Gasteiger partial charge in [-0.05, 0) is 50.6 Å². The van der Waals surface area contributed by atoms with Crippen LogP contribution in [0.4, 0.5) is 5.69 Å². The molecule has 1 atom stereocenters. The molecule has 1 unspecified atom stereocenters. The summed E-state index contributed by atoms with van der Waals surface area (Å²) in [6, 6.07) is 5.87. The van der Waals surface area contributed by atoms with Crippen molar-refractivity contribution in [1.29, 1.82) is 0 Å². The zero-order valence-electron chi connectivity index (χ0n) is 14.1. The highest BCUT2D eigenvalue weighted by Gasteiger charge is 2.24. The first kappa shape index (κ1) is 16.9. The second-order valence-electron chi connectivity index (χ2n) is 6.19.